The van der Waals surface area contributed by atoms with E-state index >= 15 is 0 Å². The van der Waals surface area contributed by atoms with Gasteiger partial charge in [-0.15, -0.1) is 0 Å². The van der Waals surface area contributed by atoms with Gasteiger partial charge >= 0.3 is 0 Å². The molecule has 3 rings (SSSR count). The number of hydrogen-bond donors (Lipinski definition) is 0. The first-order chi connectivity index (χ1) is 14.5. The van der Waals surface area contributed by atoms with Gasteiger partial charge in [0.05, 0.1) is 20.3 Å². The van der Waals surface area contributed by atoms with E-state index in [1.54, 1.807) is 43.4 Å². The van der Waals surface area contributed by atoms with Gasteiger partial charge in [-0.2, -0.15) is 5.26 Å². The number of ether oxygens (including phenoxy) is 2. The highest BCUT2D eigenvalue weighted by Crippen LogP contribution is 2.26. The van der Waals surface area contributed by atoms with Crippen molar-refractivity contribution in [2.24, 2.45) is 0 Å². The molecule has 1 unspecified atom stereocenters. The van der Waals surface area contributed by atoms with Crippen LogP contribution in [0.15, 0.2) is 48.5 Å². The van der Waals surface area contributed by atoms with Gasteiger partial charge in [-0.1, -0.05) is 12.1 Å². The van der Waals surface area contributed by atoms with Gasteiger partial charge < -0.3 is 14.4 Å². The number of methoxy groups -OCH3 is 2. The Labute approximate surface area is 175 Å². The van der Waals surface area contributed by atoms with Crippen molar-refractivity contribution in [3.63, 3.8) is 0 Å². The van der Waals surface area contributed by atoms with Gasteiger partial charge in [0.2, 0.25) is 5.91 Å². The highest BCUT2D eigenvalue weighted by Gasteiger charge is 2.26. The molecule has 30 heavy (non-hydrogen) atoms. The van der Waals surface area contributed by atoms with Crippen LogP contribution in [-0.4, -0.2) is 56.1 Å². The molecule has 0 spiro atoms. The van der Waals surface area contributed by atoms with E-state index in [1.807, 2.05) is 17.0 Å². The number of rotatable bonds is 6. The van der Waals surface area contributed by atoms with Crippen LogP contribution in [0.1, 0.15) is 17.2 Å². The zero-order chi connectivity index (χ0) is 21.5. The molecule has 1 aliphatic rings. The summed E-state index contributed by atoms with van der Waals surface area (Å²) in [6.07, 6.45) is 3.26. The minimum absolute atomic E-state index is 0.0946. The topological polar surface area (TPSA) is 65.8 Å². The maximum absolute atomic E-state index is 13.2. The summed E-state index contributed by atoms with van der Waals surface area (Å²) < 4.78 is 23.7. The molecular formula is C23H24FN3O3. The minimum Gasteiger partial charge on any atom is -0.497 e. The number of nitrogens with zero attached hydrogens (tertiary/aromatic N) is 3. The summed E-state index contributed by atoms with van der Waals surface area (Å²) in [6.45, 7) is 2.17. The molecular weight excluding hydrogens is 385 g/mol. The van der Waals surface area contributed by atoms with E-state index in [9.17, 15) is 14.4 Å². The second-order valence-corrected chi connectivity index (χ2v) is 6.89. The van der Waals surface area contributed by atoms with Gasteiger partial charge in [0.1, 0.15) is 23.4 Å². The second-order valence-electron chi connectivity index (χ2n) is 6.89. The SMILES string of the molecule is COc1ccc(/C=C/C(=O)N2CCN(C(C#N)c3ccc(F)cc3)CC2)c(OC)c1. The van der Waals surface area contributed by atoms with Crippen molar-refractivity contribution >= 4 is 12.0 Å². The number of benzene rings is 2. The highest BCUT2D eigenvalue weighted by molar-refractivity contribution is 5.92. The van der Waals surface area contributed by atoms with Crippen molar-refractivity contribution < 1.29 is 18.7 Å². The van der Waals surface area contributed by atoms with Gasteiger partial charge in [0.15, 0.2) is 0 Å². The van der Waals surface area contributed by atoms with Crippen molar-refractivity contribution in [1.82, 2.24) is 9.80 Å². The maximum atomic E-state index is 13.2. The van der Waals surface area contributed by atoms with Crippen LogP contribution in [0.4, 0.5) is 4.39 Å². The highest BCUT2D eigenvalue weighted by atomic mass is 19.1. The molecule has 1 fully saturated rings. The predicted molar refractivity (Wildman–Crippen MR) is 111 cm³/mol. The molecule has 6 nitrogen and oxygen atoms in total. The number of carbonyl (C=O) groups is 1. The molecule has 1 heterocycles. The third kappa shape index (κ3) is 4.97. The van der Waals surface area contributed by atoms with Crippen molar-refractivity contribution in [1.29, 1.82) is 5.26 Å². The van der Waals surface area contributed by atoms with Crippen molar-refractivity contribution in [2.45, 2.75) is 6.04 Å². The first-order valence-electron chi connectivity index (χ1n) is 9.64. The van der Waals surface area contributed by atoms with Crippen molar-refractivity contribution in [2.75, 3.05) is 40.4 Å². The van der Waals surface area contributed by atoms with Crippen LogP contribution in [0.25, 0.3) is 6.08 Å². The van der Waals surface area contributed by atoms with Gasteiger partial charge in [-0.25, -0.2) is 4.39 Å². The second kappa shape index (κ2) is 9.90. The zero-order valence-electron chi connectivity index (χ0n) is 17.0. The summed E-state index contributed by atoms with van der Waals surface area (Å²) in [4.78, 5) is 16.4. The number of hydrogen-bond acceptors (Lipinski definition) is 5. The fraction of sp³-hybridized carbons (Fsp3) is 0.304. The van der Waals surface area contributed by atoms with Crippen LogP contribution in [0.2, 0.25) is 0 Å². The number of halogens is 1. The lowest BCUT2D eigenvalue weighted by Gasteiger charge is -2.36. The fourth-order valence-electron chi connectivity index (χ4n) is 3.44. The van der Waals surface area contributed by atoms with Crippen LogP contribution in [-0.2, 0) is 4.79 Å². The quantitative estimate of drug-likeness (QED) is 0.685. The average Bonchev–Trinajstić information content (AvgIpc) is 2.79. The van der Waals surface area contributed by atoms with Gasteiger partial charge in [-0.3, -0.25) is 9.69 Å². The molecule has 0 N–H and O–H groups in total. The van der Waals surface area contributed by atoms with Gasteiger partial charge in [0, 0.05) is 43.9 Å². The van der Waals surface area contributed by atoms with Crippen LogP contribution in [0, 0.1) is 17.1 Å². The number of nitriles is 1. The normalized spacial score (nSPS) is 15.6. The monoisotopic (exact) mass is 409 g/mol. The number of carbonyl (C=O) groups excluding carboxylic acids is 1. The Morgan fingerprint density at radius 1 is 1.10 bits per heavy atom. The first-order valence-corrected chi connectivity index (χ1v) is 9.64. The average molecular weight is 409 g/mol. The molecule has 0 saturated carbocycles. The fourth-order valence-corrected chi connectivity index (χ4v) is 3.44. The maximum Gasteiger partial charge on any atom is 0.246 e. The summed E-state index contributed by atoms with van der Waals surface area (Å²) in [7, 11) is 3.15. The Morgan fingerprint density at radius 3 is 2.40 bits per heavy atom. The van der Waals surface area contributed by atoms with E-state index in [2.05, 4.69) is 6.07 Å². The molecule has 1 amide bonds. The molecule has 156 valence electrons. The number of amides is 1. The number of piperazine rings is 1. The summed E-state index contributed by atoms with van der Waals surface area (Å²) in [5, 5.41) is 9.58. The first kappa shape index (κ1) is 21.3. The lowest BCUT2D eigenvalue weighted by atomic mass is 10.1. The van der Waals surface area contributed by atoms with E-state index in [0.717, 1.165) is 11.1 Å². The van der Waals surface area contributed by atoms with Crippen molar-refractivity contribution in [3.05, 3.63) is 65.5 Å². The van der Waals surface area contributed by atoms with E-state index in [4.69, 9.17) is 9.47 Å². The Balaban J connectivity index is 1.61. The lowest BCUT2D eigenvalue weighted by molar-refractivity contribution is -0.127. The summed E-state index contributed by atoms with van der Waals surface area (Å²) in [6, 6.07) is 13.2. The Hall–Kier alpha value is -3.37. The smallest absolute Gasteiger partial charge is 0.246 e. The summed E-state index contributed by atoms with van der Waals surface area (Å²) >= 11 is 0. The molecule has 7 heteroatoms. The standard InChI is InChI=1S/C23H24FN3O3/c1-29-20-9-5-18(22(15-20)30-2)6-10-23(28)27-13-11-26(12-14-27)21(16-25)17-3-7-19(24)8-4-17/h3-10,15,21H,11-14H2,1-2H3/b10-6+. The van der Waals surface area contributed by atoms with Crippen LogP contribution >= 0.6 is 0 Å². The largest absolute Gasteiger partial charge is 0.497 e. The molecule has 1 atom stereocenters. The molecule has 1 saturated heterocycles. The molecule has 2 aromatic rings. The Morgan fingerprint density at radius 2 is 1.80 bits per heavy atom. The van der Waals surface area contributed by atoms with Crippen molar-refractivity contribution in [3.8, 4) is 17.6 Å². The van der Waals surface area contributed by atoms with E-state index < -0.39 is 6.04 Å². The third-order valence-electron chi connectivity index (χ3n) is 5.15. The summed E-state index contributed by atoms with van der Waals surface area (Å²) in [5.74, 6) is 0.882. The Bertz CT molecular complexity index is 945. The molecule has 0 aliphatic carbocycles. The zero-order valence-corrected chi connectivity index (χ0v) is 17.0. The van der Waals surface area contributed by atoms with Gasteiger partial charge in [0.25, 0.3) is 0 Å². The summed E-state index contributed by atoms with van der Waals surface area (Å²) in [5.41, 5.74) is 1.54. The molecule has 0 radical (unpaired) electrons. The predicted octanol–water partition coefficient (Wildman–Crippen LogP) is 3.27. The van der Waals surface area contributed by atoms with Crippen LogP contribution in [0.5, 0.6) is 11.5 Å². The van der Waals surface area contributed by atoms with E-state index in [-0.39, 0.29) is 11.7 Å². The molecule has 2 aromatic carbocycles. The minimum atomic E-state index is -0.457. The lowest BCUT2D eigenvalue weighted by Crippen LogP contribution is -2.49. The Kier molecular flexibility index (Phi) is 7.04. The third-order valence-corrected chi connectivity index (χ3v) is 5.15. The van der Waals surface area contributed by atoms with E-state index in [1.165, 1.54) is 18.2 Å². The molecule has 1 aliphatic heterocycles. The van der Waals surface area contributed by atoms with Gasteiger partial charge in [-0.05, 0) is 35.9 Å². The van der Waals surface area contributed by atoms with E-state index in [0.29, 0.717) is 37.7 Å². The molecule has 0 aromatic heterocycles. The van der Waals surface area contributed by atoms with Crippen LogP contribution < -0.4 is 9.47 Å². The molecule has 0 bridgehead atoms. The van der Waals surface area contributed by atoms with Crippen LogP contribution in [0.3, 0.4) is 0 Å².